The standard InChI is InChI=1S/C15H21N3O2/c1-12(9-11-19)17-15(20)18-14(8-5-10-16)13-6-3-2-4-7-13/h2-4,6-7,12,14,19H,5,8-9,11H2,1H3,(H2,17,18,20)/t12-,14?/m1/s1. The fourth-order valence-electron chi connectivity index (χ4n) is 1.91. The van der Waals surface area contributed by atoms with Crippen LogP contribution in [0.25, 0.3) is 0 Å². The summed E-state index contributed by atoms with van der Waals surface area (Å²) in [5, 5.41) is 23.2. The van der Waals surface area contributed by atoms with Gasteiger partial charge in [0.1, 0.15) is 0 Å². The topological polar surface area (TPSA) is 85.2 Å². The van der Waals surface area contributed by atoms with Crippen LogP contribution in [0.5, 0.6) is 0 Å². The van der Waals surface area contributed by atoms with E-state index in [4.69, 9.17) is 10.4 Å². The molecular weight excluding hydrogens is 254 g/mol. The van der Waals surface area contributed by atoms with Gasteiger partial charge in [0.2, 0.25) is 0 Å². The Balaban J connectivity index is 2.61. The third kappa shape index (κ3) is 5.72. The predicted octanol–water partition coefficient (Wildman–Crippen LogP) is 2.10. The number of aliphatic hydroxyl groups is 1. The molecule has 108 valence electrons. The fraction of sp³-hybridized carbons (Fsp3) is 0.467. The van der Waals surface area contributed by atoms with Crippen molar-refractivity contribution in [1.29, 1.82) is 5.26 Å². The van der Waals surface area contributed by atoms with E-state index in [9.17, 15) is 4.79 Å². The fourth-order valence-corrected chi connectivity index (χ4v) is 1.91. The molecule has 2 amide bonds. The maximum Gasteiger partial charge on any atom is 0.315 e. The molecule has 0 aromatic heterocycles. The van der Waals surface area contributed by atoms with E-state index in [0.29, 0.717) is 19.3 Å². The predicted molar refractivity (Wildman–Crippen MR) is 76.9 cm³/mol. The van der Waals surface area contributed by atoms with Crippen molar-refractivity contribution in [3.63, 3.8) is 0 Å². The number of urea groups is 1. The Kier molecular flexibility index (Phi) is 7.15. The zero-order chi connectivity index (χ0) is 14.8. The third-order valence-corrected chi connectivity index (χ3v) is 2.99. The summed E-state index contributed by atoms with van der Waals surface area (Å²) in [6.45, 7) is 1.88. The molecule has 2 atom stereocenters. The zero-order valence-electron chi connectivity index (χ0n) is 11.7. The monoisotopic (exact) mass is 275 g/mol. The molecule has 1 rings (SSSR count). The lowest BCUT2D eigenvalue weighted by atomic mass is 10.0. The summed E-state index contributed by atoms with van der Waals surface area (Å²) >= 11 is 0. The van der Waals surface area contributed by atoms with Crippen LogP contribution < -0.4 is 10.6 Å². The first-order valence-corrected chi connectivity index (χ1v) is 6.77. The average Bonchev–Trinajstić information content (AvgIpc) is 2.44. The summed E-state index contributed by atoms with van der Waals surface area (Å²) in [6, 6.07) is 11.1. The van der Waals surface area contributed by atoms with Gasteiger partial charge in [-0.1, -0.05) is 30.3 Å². The molecule has 0 saturated carbocycles. The van der Waals surface area contributed by atoms with Gasteiger partial charge in [0.15, 0.2) is 0 Å². The Labute approximate surface area is 119 Å². The van der Waals surface area contributed by atoms with Crippen LogP contribution >= 0.6 is 0 Å². The van der Waals surface area contributed by atoms with E-state index in [1.807, 2.05) is 37.3 Å². The van der Waals surface area contributed by atoms with Gasteiger partial charge in [-0.3, -0.25) is 0 Å². The lowest BCUT2D eigenvalue weighted by Gasteiger charge is -2.20. The number of carbonyl (C=O) groups excluding carboxylic acids is 1. The first-order chi connectivity index (χ1) is 9.67. The van der Waals surface area contributed by atoms with E-state index in [2.05, 4.69) is 16.7 Å². The molecule has 0 heterocycles. The number of carbonyl (C=O) groups is 1. The van der Waals surface area contributed by atoms with E-state index in [1.54, 1.807) is 0 Å². The number of nitrogens with one attached hydrogen (secondary N) is 2. The van der Waals surface area contributed by atoms with Gasteiger partial charge in [-0.15, -0.1) is 0 Å². The number of rotatable bonds is 7. The van der Waals surface area contributed by atoms with Crippen molar-refractivity contribution < 1.29 is 9.90 Å². The first kappa shape index (κ1) is 16.0. The minimum Gasteiger partial charge on any atom is -0.396 e. The van der Waals surface area contributed by atoms with Gasteiger partial charge in [0.05, 0.1) is 12.1 Å². The van der Waals surface area contributed by atoms with Crippen molar-refractivity contribution in [1.82, 2.24) is 10.6 Å². The summed E-state index contributed by atoms with van der Waals surface area (Å²) in [5.41, 5.74) is 0.979. The Morgan fingerprint density at radius 3 is 2.60 bits per heavy atom. The number of amides is 2. The summed E-state index contributed by atoms with van der Waals surface area (Å²) in [7, 11) is 0. The van der Waals surface area contributed by atoms with Crippen molar-refractivity contribution in [3.05, 3.63) is 35.9 Å². The average molecular weight is 275 g/mol. The highest BCUT2D eigenvalue weighted by Crippen LogP contribution is 2.17. The van der Waals surface area contributed by atoms with E-state index in [0.717, 1.165) is 5.56 Å². The van der Waals surface area contributed by atoms with Gasteiger partial charge >= 0.3 is 6.03 Å². The number of aliphatic hydroxyl groups excluding tert-OH is 1. The molecule has 0 radical (unpaired) electrons. The van der Waals surface area contributed by atoms with E-state index in [1.165, 1.54) is 0 Å². The van der Waals surface area contributed by atoms with Crippen LogP contribution in [0.15, 0.2) is 30.3 Å². The van der Waals surface area contributed by atoms with Crippen molar-refractivity contribution >= 4 is 6.03 Å². The van der Waals surface area contributed by atoms with Crippen LogP contribution in [0.3, 0.4) is 0 Å². The van der Waals surface area contributed by atoms with E-state index >= 15 is 0 Å². The van der Waals surface area contributed by atoms with Crippen LogP contribution in [0, 0.1) is 11.3 Å². The highest BCUT2D eigenvalue weighted by atomic mass is 16.3. The largest absolute Gasteiger partial charge is 0.396 e. The molecule has 1 unspecified atom stereocenters. The molecule has 5 nitrogen and oxygen atoms in total. The number of benzene rings is 1. The van der Waals surface area contributed by atoms with E-state index in [-0.39, 0.29) is 24.7 Å². The number of nitrogens with zero attached hydrogens (tertiary/aromatic N) is 1. The third-order valence-electron chi connectivity index (χ3n) is 2.99. The maximum absolute atomic E-state index is 11.9. The number of hydrogen-bond acceptors (Lipinski definition) is 3. The molecule has 0 aliphatic carbocycles. The molecule has 0 fully saturated rings. The summed E-state index contributed by atoms with van der Waals surface area (Å²) in [4.78, 5) is 11.9. The molecule has 0 bridgehead atoms. The van der Waals surface area contributed by atoms with Gasteiger partial charge in [-0.25, -0.2) is 4.79 Å². The SMILES string of the molecule is C[C@H](CCO)NC(=O)NC(CCC#N)c1ccccc1. The Morgan fingerprint density at radius 2 is 2.00 bits per heavy atom. The summed E-state index contributed by atoms with van der Waals surface area (Å²) in [6.07, 6.45) is 1.47. The van der Waals surface area contributed by atoms with Crippen molar-refractivity contribution in [2.24, 2.45) is 0 Å². The Morgan fingerprint density at radius 1 is 1.30 bits per heavy atom. The second-order valence-corrected chi connectivity index (χ2v) is 4.69. The lowest BCUT2D eigenvalue weighted by molar-refractivity contribution is 0.227. The molecule has 3 N–H and O–H groups in total. The zero-order valence-corrected chi connectivity index (χ0v) is 11.7. The van der Waals surface area contributed by atoms with Gasteiger partial charge in [-0.2, -0.15) is 5.26 Å². The molecule has 1 aromatic rings. The van der Waals surface area contributed by atoms with Crippen LogP contribution in [0.2, 0.25) is 0 Å². The highest BCUT2D eigenvalue weighted by Gasteiger charge is 2.15. The highest BCUT2D eigenvalue weighted by molar-refractivity contribution is 5.74. The van der Waals surface area contributed by atoms with Crippen LogP contribution in [0.4, 0.5) is 4.79 Å². The molecular formula is C15H21N3O2. The molecule has 0 spiro atoms. The van der Waals surface area contributed by atoms with Gasteiger partial charge in [0.25, 0.3) is 0 Å². The van der Waals surface area contributed by atoms with Crippen LogP contribution in [0.1, 0.15) is 37.8 Å². The smallest absolute Gasteiger partial charge is 0.315 e. The molecule has 0 aliphatic heterocycles. The molecule has 0 aliphatic rings. The minimum atomic E-state index is -0.280. The van der Waals surface area contributed by atoms with E-state index < -0.39 is 0 Å². The second-order valence-electron chi connectivity index (χ2n) is 4.69. The van der Waals surface area contributed by atoms with Gasteiger partial charge < -0.3 is 15.7 Å². The van der Waals surface area contributed by atoms with Crippen molar-refractivity contribution in [2.75, 3.05) is 6.61 Å². The Bertz CT molecular complexity index is 442. The lowest BCUT2D eigenvalue weighted by Crippen LogP contribution is -2.42. The molecule has 5 heteroatoms. The number of nitriles is 1. The normalized spacial score (nSPS) is 13.1. The van der Waals surface area contributed by atoms with Crippen LogP contribution in [-0.2, 0) is 0 Å². The summed E-state index contributed by atoms with van der Waals surface area (Å²) in [5.74, 6) is 0. The van der Waals surface area contributed by atoms with Crippen LogP contribution in [-0.4, -0.2) is 23.8 Å². The molecule has 0 saturated heterocycles. The first-order valence-electron chi connectivity index (χ1n) is 6.77. The minimum absolute atomic E-state index is 0.0397. The molecule has 20 heavy (non-hydrogen) atoms. The Hall–Kier alpha value is -2.06. The van der Waals surface area contributed by atoms with Crippen molar-refractivity contribution in [2.45, 2.75) is 38.3 Å². The second kappa shape index (κ2) is 8.94. The molecule has 1 aromatic carbocycles. The number of hydrogen-bond donors (Lipinski definition) is 3. The van der Waals surface area contributed by atoms with Crippen molar-refractivity contribution in [3.8, 4) is 6.07 Å². The van der Waals surface area contributed by atoms with Gasteiger partial charge in [0, 0.05) is 19.1 Å². The van der Waals surface area contributed by atoms with Gasteiger partial charge in [-0.05, 0) is 25.3 Å². The summed E-state index contributed by atoms with van der Waals surface area (Å²) < 4.78 is 0. The quantitative estimate of drug-likeness (QED) is 0.712. The maximum atomic E-state index is 11.9.